The van der Waals surface area contributed by atoms with E-state index in [1.807, 2.05) is 6.07 Å². The van der Waals surface area contributed by atoms with E-state index in [2.05, 4.69) is 10.3 Å². The third kappa shape index (κ3) is 3.13. The van der Waals surface area contributed by atoms with Gasteiger partial charge in [-0.15, -0.1) is 0 Å². The summed E-state index contributed by atoms with van der Waals surface area (Å²) < 4.78 is 13.4. The second kappa shape index (κ2) is 6.03. The van der Waals surface area contributed by atoms with Crippen molar-refractivity contribution in [1.29, 1.82) is 0 Å². The van der Waals surface area contributed by atoms with Crippen LogP contribution in [0.5, 0.6) is 0 Å². The Kier molecular flexibility index (Phi) is 4.05. The smallest absolute Gasteiger partial charge is 0.337 e. The van der Waals surface area contributed by atoms with Crippen LogP contribution in [-0.4, -0.2) is 28.5 Å². The average Bonchev–Trinajstić information content (AvgIpc) is 3.33. The Labute approximate surface area is 138 Å². The molecule has 1 heterocycles. The van der Waals surface area contributed by atoms with E-state index < -0.39 is 5.97 Å². The number of aromatic carboxylic acids is 1. The normalized spacial score (nSPS) is 14.9. The topological polar surface area (TPSA) is 79.3 Å². The zero-order valence-corrected chi connectivity index (χ0v) is 13.2. The van der Waals surface area contributed by atoms with Crippen molar-refractivity contribution in [1.82, 2.24) is 10.3 Å². The largest absolute Gasteiger partial charge is 0.478 e. The molecule has 0 aliphatic heterocycles. The second-order valence-corrected chi connectivity index (χ2v) is 6.11. The van der Waals surface area contributed by atoms with E-state index in [0.717, 1.165) is 18.4 Å². The first-order valence-electron chi connectivity index (χ1n) is 7.66. The molecule has 1 aromatic heterocycles. The molecule has 124 valence electrons. The lowest BCUT2D eigenvalue weighted by molar-refractivity contribution is 0.0694. The predicted molar refractivity (Wildman–Crippen MR) is 85.6 cm³/mol. The quantitative estimate of drug-likeness (QED) is 0.884. The lowest BCUT2D eigenvalue weighted by Crippen LogP contribution is -2.33. The van der Waals surface area contributed by atoms with Gasteiger partial charge in [0, 0.05) is 12.0 Å². The summed E-state index contributed by atoms with van der Waals surface area (Å²) in [6.07, 6.45) is 1.78. The fourth-order valence-corrected chi connectivity index (χ4v) is 2.79. The molecule has 1 aromatic carbocycles. The van der Waals surface area contributed by atoms with Crippen LogP contribution < -0.4 is 5.32 Å². The summed E-state index contributed by atoms with van der Waals surface area (Å²) in [5.74, 6) is -1.72. The maximum absolute atomic E-state index is 13.4. The molecule has 1 aliphatic carbocycles. The van der Waals surface area contributed by atoms with Crippen molar-refractivity contribution >= 4 is 11.9 Å². The van der Waals surface area contributed by atoms with E-state index in [1.165, 1.54) is 24.3 Å². The highest BCUT2D eigenvalue weighted by Gasteiger charge is 2.44. The maximum Gasteiger partial charge on any atom is 0.337 e. The molecule has 2 aromatic rings. The maximum atomic E-state index is 13.4. The number of carboxylic acid groups (broad SMARTS) is 1. The Bertz CT molecular complexity index is 816. The van der Waals surface area contributed by atoms with E-state index >= 15 is 0 Å². The third-order valence-electron chi connectivity index (χ3n) is 4.43. The number of benzene rings is 1. The van der Waals surface area contributed by atoms with Gasteiger partial charge in [-0.25, -0.2) is 14.2 Å². The lowest BCUT2D eigenvalue weighted by atomic mass is 9.96. The van der Waals surface area contributed by atoms with Gasteiger partial charge in [-0.05, 0) is 49.6 Å². The van der Waals surface area contributed by atoms with Crippen LogP contribution in [0.3, 0.4) is 0 Å². The Hall–Kier alpha value is -2.76. The monoisotopic (exact) mass is 328 g/mol. The number of aromatic nitrogens is 1. The lowest BCUT2D eigenvalue weighted by Gasteiger charge is -2.16. The molecule has 0 saturated heterocycles. The molecule has 0 atom stereocenters. The zero-order chi connectivity index (χ0) is 17.3. The molecule has 24 heavy (non-hydrogen) atoms. The number of hydrogen-bond acceptors (Lipinski definition) is 3. The second-order valence-electron chi connectivity index (χ2n) is 6.11. The van der Waals surface area contributed by atoms with E-state index in [-0.39, 0.29) is 28.4 Å². The fraction of sp³-hybridized carbons (Fsp3) is 0.278. The van der Waals surface area contributed by atoms with Gasteiger partial charge in [0.25, 0.3) is 5.91 Å². The Balaban J connectivity index is 1.70. The predicted octanol–water partition coefficient (Wildman–Crippen LogP) is 2.69. The number of amides is 1. The van der Waals surface area contributed by atoms with Crippen molar-refractivity contribution in [2.45, 2.75) is 25.2 Å². The van der Waals surface area contributed by atoms with Gasteiger partial charge in [0.1, 0.15) is 11.5 Å². The van der Waals surface area contributed by atoms with Crippen LogP contribution in [0.1, 0.15) is 44.9 Å². The van der Waals surface area contributed by atoms with Gasteiger partial charge in [-0.3, -0.25) is 4.79 Å². The van der Waals surface area contributed by atoms with E-state index in [9.17, 15) is 14.0 Å². The minimum Gasteiger partial charge on any atom is -0.478 e. The van der Waals surface area contributed by atoms with Gasteiger partial charge in [0.2, 0.25) is 0 Å². The van der Waals surface area contributed by atoms with Crippen molar-refractivity contribution in [3.05, 3.63) is 64.7 Å². The highest BCUT2D eigenvalue weighted by Crippen LogP contribution is 2.47. The number of nitrogens with one attached hydrogen (secondary N) is 1. The number of hydrogen-bond donors (Lipinski definition) is 2. The van der Waals surface area contributed by atoms with Gasteiger partial charge in [0.15, 0.2) is 0 Å². The van der Waals surface area contributed by atoms with Crippen LogP contribution in [0.2, 0.25) is 0 Å². The fourth-order valence-electron chi connectivity index (χ4n) is 2.79. The zero-order valence-electron chi connectivity index (χ0n) is 13.2. The van der Waals surface area contributed by atoms with Crippen LogP contribution in [0.4, 0.5) is 4.39 Å². The molecular weight excluding hydrogens is 311 g/mol. The summed E-state index contributed by atoms with van der Waals surface area (Å²) >= 11 is 0. The molecule has 1 amide bonds. The molecule has 2 N–H and O–H groups in total. The van der Waals surface area contributed by atoms with Crippen molar-refractivity contribution < 1.29 is 19.1 Å². The highest BCUT2D eigenvalue weighted by atomic mass is 19.1. The molecule has 1 saturated carbocycles. The van der Waals surface area contributed by atoms with Gasteiger partial charge < -0.3 is 10.4 Å². The van der Waals surface area contributed by atoms with E-state index in [0.29, 0.717) is 12.2 Å². The van der Waals surface area contributed by atoms with Gasteiger partial charge >= 0.3 is 5.97 Å². The molecule has 1 aliphatic rings. The molecule has 5 nitrogen and oxygen atoms in total. The minimum absolute atomic E-state index is 0.0740. The van der Waals surface area contributed by atoms with Crippen LogP contribution >= 0.6 is 0 Å². The minimum atomic E-state index is -1.07. The molecule has 0 bridgehead atoms. The van der Waals surface area contributed by atoms with Gasteiger partial charge in [-0.1, -0.05) is 12.1 Å². The Morgan fingerprint density at radius 1 is 1.29 bits per heavy atom. The highest BCUT2D eigenvalue weighted by molar-refractivity contribution is 5.94. The van der Waals surface area contributed by atoms with Crippen LogP contribution in [0.15, 0.2) is 36.4 Å². The molecule has 3 rings (SSSR count). The SMILES string of the molecule is Cc1nc(C(=O)NCC2(c3cccc(F)c3)CC2)ccc1C(=O)O. The number of nitrogens with zero attached hydrogens (tertiary/aromatic N) is 1. The summed E-state index contributed by atoms with van der Waals surface area (Å²) in [5, 5.41) is 11.8. The molecule has 0 spiro atoms. The Morgan fingerprint density at radius 3 is 2.62 bits per heavy atom. The summed E-state index contributed by atoms with van der Waals surface area (Å²) in [6.45, 7) is 1.95. The first-order chi connectivity index (χ1) is 11.4. The molecule has 6 heteroatoms. The van der Waals surface area contributed by atoms with Crippen molar-refractivity contribution in [2.75, 3.05) is 6.54 Å². The van der Waals surface area contributed by atoms with Gasteiger partial charge in [0.05, 0.1) is 11.3 Å². The number of aryl methyl sites for hydroxylation is 1. The number of pyridine rings is 1. The first-order valence-corrected chi connectivity index (χ1v) is 7.66. The molecule has 0 radical (unpaired) electrons. The molecular formula is C18H17FN2O3. The third-order valence-corrected chi connectivity index (χ3v) is 4.43. The van der Waals surface area contributed by atoms with Crippen molar-refractivity contribution in [3.8, 4) is 0 Å². The summed E-state index contributed by atoms with van der Waals surface area (Å²) in [7, 11) is 0. The number of carbonyl (C=O) groups excluding carboxylic acids is 1. The summed E-state index contributed by atoms with van der Waals surface area (Å²) in [6, 6.07) is 9.21. The van der Waals surface area contributed by atoms with E-state index in [1.54, 1.807) is 13.0 Å². The average molecular weight is 328 g/mol. The van der Waals surface area contributed by atoms with Crippen molar-refractivity contribution in [3.63, 3.8) is 0 Å². The first kappa shape index (κ1) is 16.1. The van der Waals surface area contributed by atoms with Crippen LogP contribution in [-0.2, 0) is 5.41 Å². The number of carbonyl (C=O) groups is 2. The molecule has 0 unspecified atom stereocenters. The molecule has 1 fully saturated rings. The standard InChI is InChI=1S/C18H17FN2O3/c1-11-14(17(23)24)5-6-15(21-11)16(22)20-10-18(7-8-18)12-3-2-4-13(19)9-12/h2-6,9H,7-8,10H2,1H3,(H,20,22)(H,23,24). The van der Waals surface area contributed by atoms with Crippen molar-refractivity contribution in [2.24, 2.45) is 0 Å². The Morgan fingerprint density at radius 2 is 2.04 bits per heavy atom. The van der Waals surface area contributed by atoms with Crippen LogP contribution in [0, 0.1) is 12.7 Å². The number of rotatable bonds is 5. The number of halogens is 1. The summed E-state index contributed by atoms with van der Waals surface area (Å²) in [5.41, 5.74) is 1.21. The van der Waals surface area contributed by atoms with Gasteiger partial charge in [-0.2, -0.15) is 0 Å². The summed E-state index contributed by atoms with van der Waals surface area (Å²) in [4.78, 5) is 27.3. The van der Waals surface area contributed by atoms with Crippen LogP contribution in [0.25, 0.3) is 0 Å². The van der Waals surface area contributed by atoms with E-state index in [4.69, 9.17) is 5.11 Å². The number of carboxylic acids is 1.